The minimum Gasteiger partial charge on any atom is -0.309 e. The van der Waals surface area contributed by atoms with Crippen LogP contribution < -0.4 is 5.32 Å². The van der Waals surface area contributed by atoms with Crippen molar-refractivity contribution in [3.63, 3.8) is 0 Å². The Labute approximate surface area is 128 Å². The van der Waals surface area contributed by atoms with Crippen molar-refractivity contribution in [2.24, 2.45) is 5.41 Å². The van der Waals surface area contributed by atoms with Crippen molar-refractivity contribution in [1.29, 1.82) is 5.26 Å². The molecule has 0 saturated carbocycles. The Bertz CT molecular complexity index is 516. The van der Waals surface area contributed by atoms with E-state index >= 15 is 0 Å². The zero-order valence-corrected chi connectivity index (χ0v) is 13.7. The van der Waals surface area contributed by atoms with E-state index in [4.69, 9.17) is 0 Å². The molecule has 0 unspecified atom stereocenters. The van der Waals surface area contributed by atoms with Crippen LogP contribution in [0.3, 0.4) is 0 Å². The van der Waals surface area contributed by atoms with Gasteiger partial charge < -0.3 is 5.32 Å². The molecule has 0 aromatic carbocycles. The van der Waals surface area contributed by atoms with Crippen molar-refractivity contribution in [2.45, 2.75) is 46.5 Å². The summed E-state index contributed by atoms with van der Waals surface area (Å²) in [6.07, 6.45) is 4.39. The first-order chi connectivity index (χ1) is 9.49. The minimum absolute atomic E-state index is 0.252. The van der Waals surface area contributed by atoms with Gasteiger partial charge in [0.1, 0.15) is 11.2 Å². The monoisotopic (exact) mass is 337 g/mol. The fourth-order valence-electron chi connectivity index (χ4n) is 2.21. The zero-order valence-electron chi connectivity index (χ0n) is 12.2. The van der Waals surface area contributed by atoms with Gasteiger partial charge in [0.2, 0.25) is 5.91 Å². The molecule has 4 nitrogen and oxygen atoms in total. The molecule has 20 heavy (non-hydrogen) atoms. The molecule has 1 amide bonds. The Morgan fingerprint density at radius 3 is 2.50 bits per heavy atom. The molecule has 0 fully saturated rings. The van der Waals surface area contributed by atoms with Gasteiger partial charge in [-0.1, -0.05) is 26.7 Å². The van der Waals surface area contributed by atoms with Gasteiger partial charge in [-0.05, 0) is 47.3 Å². The Hall–Kier alpha value is -1.41. The molecule has 1 aromatic heterocycles. The summed E-state index contributed by atoms with van der Waals surface area (Å²) in [7, 11) is 0. The standard InChI is InChI=1S/C15H20BrN3O/c1-4-6-15(10-17,7-5-2)14(20)19-13-8-11(3)12(16)9-18-13/h8-9H,4-7H2,1-3H3,(H,18,19,20). The lowest BCUT2D eigenvalue weighted by atomic mass is 9.80. The molecule has 108 valence electrons. The van der Waals surface area contributed by atoms with E-state index in [9.17, 15) is 10.1 Å². The molecule has 0 bridgehead atoms. The number of carbonyl (C=O) groups excluding carboxylic acids is 1. The third-order valence-corrected chi connectivity index (χ3v) is 4.12. The normalized spacial score (nSPS) is 10.9. The van der Waals surface area contributed by atoms with E-state index in [0.717, 1.165) is 22.9 Å². The quantitative estimate of drug-likeness (QED) is 0.845. The van der Waals surface area contributed by atoms with E-state index in [1.54, 1.807) is 12.3 Å². The van der Waals surface area contributed by atoms with Crippen LogP contribution in [0.2, 0.25) is 0 Å². The first-order valence-electron chi connectivity index (χ1n) is 6.84. The molecule has 0 aliphatic rings. The molecule has 0 atom stereocenters. The van der Waals surface area contributed by atoms with Crippen LogP contribution in [0.1, 0.15) is 45.1 Å². The maximum atomic E-state index is 12.5. The topological polar surface area (TPSA) is 65.8 Å². The predicted molar refractivity (Wildman–Crippen MR) is 83.2 cm³/mol. The molecule has 0 aliphatic carbocycles. The second kappa shape index (κ2) is 7.39. The highest BCUT2D eigenvalue weighted by atomic mass is 79.9. The number of aryl methyl sites for hydroxylation is 1. The molecule has 5 heteroatoms. The number of rotatable bonds is 6. The van der Waals surface area contributed by atoms with Crippen molar-refractivity contribution in [3.8, 4) is 6.07 Å². The Morgan fingerprint density at radius 2 is 2.05 bits per heavy atom. The smallest absolute Gasteiger partial charge is 0.246 e. The summed E-state index contributed by atoms with van der Waals surface area (Å²) >= 11 is 3.37. The highest BCUT2D eigenvalue weighted by Crippen LogP contribution is 2.31. The molecular weight excluding hydrogens is 318 g/mol. The van der Waals surface area contributed by atoms with E-state index in [1.165, 1.54) is 0 Å². The second-order valence-electron chi connectivity index (χ2n) is 4.97. The number of amides is 1. The van der Waals surface area contributed by atoms with Crippen molar-refractivity contribution in [3.05, 3.63) is 22.3 Å². The van der Waals surface area contributed by atoms with Gasteiger partial charge in [0.15, 0.2) is 0 Å². The van der Waals surface area contributed by atoms with Crippen molar-refractivity contribution in [2.75, 3.05) is 5.32 Å². The van der Waals surface area contributed by atoms with E-state index in [1.807, 2.05) is 20.8 Å². The van der Waals surface area contributed by atoms with Crippen LogP contribution in [0.4, 0.5) is 5.82 Å². The van der Waals surface area contributed by atoms with Gasteiger partial charge in [-0.25, -0.2) is 4.98 Å². The number of nitrogens with zero attached hydrogens (tertiary/aromatic N) is 2. The number of anilines is 1. The van der Waals surface area contributed by atoms with Crippen LogP contribution in [0.5, 0.6) is 0 Å². The second-order valence-corrected chi connectivity index (χ2v) is 5.82. The summed E-state index contributed by atoms with van der Waals surface area (Å²) in [5.41, 5.74) is 0.0374. The first kappa shape index (κ1) is 16.6. The van der Waals surface area contributed by atoms with E-state index in [0.29, 0.717) is 18.7 Å². The Kier molecular flexibility index (Phi) is 6.15. The van der Waals surface area contributed by atoms with E-state index in [2.05, 4.69) is 32.3 Å². The predicted octanol–water partition coefficient (Wildman–Crippen LogP) is 4.20. The van der Waals surface area contributed by atoms with Gasteiger partial charge in [0, 0.05) is 10.7 Å². The zero-order chi connectivity index (χ0) is 15.2. The van der Waals surface area contributed by atoms with Crippen molar-refractivity contribution >= 4 is 27.7 Å². The molecule has 1 rings (SSSR count). The van der Waals surface area contributed by atoms with E-state index in [-0.39, 0.29) is 5.91 Å². The number of nitrogens with one attached hydrogen (secondary N) is 1. The Morgan fingerprint density at radius 1 is 1.45 bits per heavy atom. The molecule has 0 saturated heterocycles. The number of pyridine rings is 1. The lowest BCUT2D eigenvalue weighted by molar-refractivity contribution is -0.123. The summed E-state index contributed by atoms with van der Waals surface area (Å²) in [5, 5.41) is 12.2. The molecule has 0 radical (unpaired) electrons. The number of halogens is 1. The minimum atomic E-state index is -0.952. The third kappa shape index (κ3) is 3.80. The number of aromatic nitrogens is 1. The highest BCUT2D eigenvalue weighted by Gasteiger charge is 2.37. The Balaban J connectivity index is 2.96. The van der Waals surface area contributed by atoms with Crippen LogP contribution >= 0.6 is 15.9 Å². The van der Waals surface area contributed by atoms with E-state index < -0.39 is 5.41 Å². The summed E-state index contributed by atoms with van der Waals surface area (Å²) in [5.74, 6) is 0.237. The summed E-state index contributed by atoms with van der Waals surface area (Å²) in [6.45, 7) is 5.89. The van der Waals surface area contributed by atoms with Crippen LogP contribution in [-0.4, -0.2) is 10.9 Å². The van der Waals surface area contributed by atoms with Crippen LogP contribution in [0.15, 0.2) is 16.7 Å². The number of carbonyl (C=O) groups is 1. The average Bonchev–Trinajstić information content (AvgIpc) is 2.42. The molecule has 0 aliphatic heterocycles. The molecular formula is C15H20BrN3O. The van der Waals surface area contributed by atoms with Gasteiger partial charge >= 0.3 is 0 Å². The maximum Gasteiger partial charge on any atom is 0.246 e. The molecule has 1 heterocycles. The lowest BCUT2D eigenvalue weighted by Gasteiger charge is -2.24. The SMILES string of the molecule is CCCC(C#N)(CCC)C(=O)Nc1cc(C)c(Br)cn1. The molecule has 1 aromatic rings. The number of nitriles is 1. The number of hydrogen-bond donors (Lipinski definition) is 1. The molecule has 1 N–H and O–H groups in total. The summed E-state index contributed by atoms with van der Waals surface area (Å²) in [4.78, 5) is 16.6. The summed E-state index contributed by atoms with van der Waals surface area (Å²) in [6, 6.07) is 4.01. The van der Waals surface area contributed by atoms with Gasteiger partial charge in [0.05, 0.1) is 6.07 Å². The highest BCUT2D eigenvalue weighted by molar-refractivity contribution is 9.10. The van der Waals surface area contributed by atoms with Crippen molar-refractivity contribution < 1.29 is 4.79 Å². The fraction of sp³-hybridized carbons (Fsp3) is 0.533. The average molecular weight is 338 g/mol. The van der Waals surface area contributed by atoms with Crippen LogP contribution in [0, 0.1) is 23.7 Å². The number of hydrogen-bond acceptors (Lipinski definition) is 3. The van der Waals surface area contributed by atoms with Crippen LogP contribution in [-0.2, 0) is 4.79 Å². The molecule has 0 spiro atoms. The third-order valence-electron chi connectivity index (χ3n) is 3.29. The van der Waals surface area contributed by atoms with Gasteiger partial charge in [0.25, 0.3) is 0 Å². The van der Waals surface area contributed by atoms with Crippen molar-refractivity contribution in [1.82, 2.24) is 4.98 Å². The van der Waals surface area contributed by atoms with Crippen LogP contribution in [0.25, 0.3) is 0 Å². The fourth-order valence-corrected chi connectivity index (χ4v) is 2.43. The van der Waals surface area contributed by atoms with Gasteiger partial charge in [-0.15, -0.1) is 0 Å². The first-order valence-corrected chi connectivity index (χ1v) is 7.63. The van der Waals surface area contributed by atoms with Gasteiger partial charge in [-0.2, -0.15) is 5.26 Å². The largest absolute Gasteiger partial charge is 0.309 e. The summed E-state index contributed by atoms with van der Waals surface area (Å²) < 4.78 is 0.893. The lowest BCUT2D eigenvalue weighted by Crippen LogP contribution is -2.35. The maximum absolute atomic E-state index is 12.5. The van der Waals surface area contributed by atoms with Gasteiger partial charge in [-0.3, -0.25) is 4.79 Å².